The zero-order valence-corrected chi connectivity index (χ0v) is 17.5. The number of hydrogen-bond donors (Lipinski definition) is 0. The van der Waals surface area contributed by atoms with E-state index in [9.17, 15) is 13.2 Å². The molecule has 0 amide bonds. The highest BCUT2D eigenvalue weighted by Crippen LogP contribution is 2.37. The smallest absolute Gasteiger partial charge is 0.338 e. The van der Waals surface area contributed by atoms with Gasteiger partial charge in [-0.25, -0.2) is 13.2 Å². The molecule has 4 nitrogen and oxygen atoms in total. The number of sulfone groups is 1. The Morgan fingerprint density at radius 1 is 1.19 bits per heavy atom. The Labute approximate surface area is 164 Å². The third kappa shape index (κ3) is 3.84. The van der Waals surface area contributed by atoms with Crippen LogP contribution in [-0.2, 0) is 20.3 Å². The molecule has 2 aromatic carbocycles. The largest absolute Gasteiger partial charge is 0.462 e. The lowest BCUT2D eigenvalue weighted by Gasteiger charge is -2.06. The van der Waals surface area contributed by atoms with Crippen LogP contribution in [0.15, 0.2) is 51.1 Å². The molecule has 0 aliphatic carbocycles. The van der Waals surface area contributed by atoms with Gasteiger partial charge in [0.2, 0.25) is 0 Å². The lowest BCUT2D eigenvalue weighted by molar-refractivity contribution is 0.0526. The molecule has 0 spiro atoms. The Bertz CT molecular complexity index is 1080. The van der Waals surface area contributed by atoms with Gasteiger partial charge in [-0.3, -0.25) is 0 Å². The Kier molecular flexibility index (Phi) is 5.50. The molecule has 0 aliphatic heterocycles. The van der Waals surface area contributed by atoms with E-state index in [2.05, 4.69) is 15.9 Å². The second-order valence-corrected chi connectivity index (χ2v) is 9.99. The fourth-order valence-corrected chi connectivity index (χ4v) is 6.32. The number of ether oxygens (including phenoxy) is 1. The second kappa shape index (κ2) is 7.50. The van der Waals surface area contributed by atoms with E-state index < -0.39 is 15.8 Å². The van der Waals surface area contributed by atoms with E-state index in [4.69, 9.17) is 4.74 Å². The van der Waals surface area contributed by atoms with Crippen molar-refractivity contribution in [1.82, 2.24) is 0 Å². The van der Waals surface area contributed by atoms with Gasteiger partial charge in [-0.1, -0.05) is 28.1 Å². The molecule has 0 N–H and O–H groups in total. The number of halogens is 1. The maximum atomic E-state index is 13.0. The van der Waals surface area contributed by atoms with Crippen molar-refractivity contribution in [2.45, 2.75) is 23.8 Å². The van der Waals surface area contributed by atoms with Crippen LogP contribution in [0, 0.1) is 6.92 Å². The van der Waals surface area contributed by atoms with Gasteiger partial charge in [0, 0.05) is 9.17 Å². The predicted molar refractivity (Wildman–Crippen MR) is 108 cm³/mol. The van der Waals surface area contributed by atoms with Crippen LogP contribution in [0.4, 0.5) is 0 Å². The molecule has 1 heterocycles. The summed E-state index contributed by atoms with van der Waals surface area (Å²) in [4.78, 5) is 11.9. The predicted octanol–water partition coefficient (Wildman–Crippen LogP) is 5.12. The van der Waals surface area contributed by atoms with Gasteiger partial charge in [-0.15, -0.1) is 11.3 Å². The van der Waals surface area contributed by atoms with E-state index in [1.165, 1.54) is 11.3 Å². The standard InChI is InChI=1S/C19H17BrO4S2/c1-3-24-18(21)14-6-4-5-13(9-14)11-26(22,23)19-12(2)16-10-15(20)7-8-17(16)25-19/h4-10H,3,11H2,1-2H3. The highest BCUT2D eigenvalue weighted by Gasteiger charge is 2.23. The number of hydrogen-bond acceptors (Lipinski definition) is 5. The molecule has 0 saturated heterocycles. The zero-order valence-electron chi connectivity index (χ0n) is 14.3. The minimum absolute atomic E-state index is 0.158. The van der Waals surface area contributed by atoms with Crippen molar-refractivity contribution in [3.8, 4) is 0 Å². The molecular formula is C19H17BrO4S2. The summed E-state index contributed by atoms with van der Waals surface area (Å²) in [6.07, 6.45) is 0. The second-order valence-electron chi connectivity index (χ2n) is 5.83. The molecular weight excluding hydrogens is 436 g/mol. The molecule has 3 rings (SSSR count). The molecule has 0 unspecified atom stereocenters. The maximum Gasteiger partial charge on any atom is 0.338 e. The van der Waals surface area contributed by atoms with Crippen molar-refractivity contribution < 1.29 is 17.9 Å². The summed E-state index contributed by atoms with van der Waals surface area (Å²) >= 11 is 4.70. The number of carbonyl (C=O) groups excluding carboxylic acids is 1. The van der Waals surface area contributed by atoms with Crippen LogP contribution in [0.1, 0.15) is 28.4 Å². The first-order valence-electron chi connectivity index (χ1n) is 7.99. The number of aryl methyl sites for hydroxylation is 1. The lowest BCUT2D eigenvalue weighted by Crippen LogP contribution is -2.08. The first kappa shape index (κ1) is 19.1. The third-order valence-electron chi connectivity index (χ3n) is 3.93. The lowest BCUT2D eigenvalue weighted by atomic mass is 10.1. The van der Waals surface area contributed by atoms with Gasteiger partial charge in [-0.2, -0.15) is 0 Å². The molecule has 3 aromatic rings. The molecule has 0 bridgehead atoms. The maximum absolute atomic E-state index is 13.0. The first-order chi connectivity index (χ1) is 12.3. The number of esters is 1. The molecule has 0 fully saturated rings. The topological polar surface area (TPSA) is 60.4 Å². The Hall–Kier alpha value is -1.70. The van der Waals surface area contributed by atoms with Gasteiger partial charge in [0.25, 0.3) is 0 Å². The SMILES string of the molecule is CCOC(=O)c1cccc(CS(=O)(=O)c2sc3ccc(Br)cc3c2C)c1. The summed E-state index contributed by atoms with van der Waals surface area (Å²) < 4.78 is 33.1. The fourth-order valence-electron chi connectivity index (χ4n) is 2.75. The van der Waals surface area contributed by atoms with Crippen molar-refractivity contribution in [2.75, 3.05) is 6.61 Å². The Morgan fingerprint density at radius 2 is 1.96 bits per heavy atom. The molecule has 0 radical (unpaired) electrons. The van der Waals surface area contributed by atoms with Gasteiger partial charge in [0.05, 0.1) is 17.9 Å². The average molecular weight is 453 g/mol. The molecule has 26 heavy (non-hydrogen) atoms. The van der Waals surface area contributed by atoms with Crippen molar-refractivity contribution in [3.63, 3.8) is 0 Å². The summed E-state index contributed by atoms with van der Waals surface area (Å²) in [5, 5.41) is 0.934. The van der Waals surface area contributed by atoms with E-state index in [-0.39, 0.29) is 12.4 Å². The summed E-state index contributed by atoms with van der Waals surface area (Å²) in [6, 6.07) is 12.3. The van der Waals surface area contributed by atoms with Gasteiger partial charge >= 0.3 is 5.97 Å². The molecule has 1 aromatic heterocycles. The molecule has 0 atom stereocenters. The van der Waals surface area contributed by atoms with Crippen molar-refractivity contribution in [1.29, 1.82) is 0 Å². The van der Waals surface area contributed by atoms with Crippen LogP contribution in [0.3, 0.4) is 0 Å². The van der Waals surface area contributed by atoms with Crippen LogP contribution in [0.25, 0.3) is 10.1 Å². The van der Waals surface area contributed by atoms with E-state index in [0.29, 0.717) is 15.3 Å². The zero-order chi connectivity index (χ0) is 18.9. The molecule has 7 heteroatoms. The monoisotopic (exact) mass is 452 g/mol. The third-order valence-corrected chi connectivity index (χ3v) is 8.09. The van der Waals surface area contributed by atoms with Gasteiger partial charge in [0.15, 0.2) is 9.84 Å². The quantitative estimate of drug-likeness (QED) is 0.503. The number of rotatable bonds is 5. The van der Waals surface area contributed by atoms with Crippen molar-refractivity contribution in [3.05, 3.63) is 63.6 Å². The van der Waals surface area contributed by atoms with Gasteiger partial charge < -0.3 is 4.74 Å². The highest BCUT2D eigenvalue weighted by atomic mass is 79.9. The van der Waals surface area contributed by atoms with Crippen LogP contribution >= 0.6 is 27.3 Å². The van der Waals surface area contributed by atoms with Crippen LogP contribution in [0.2, 0.25) is 0 Å². The fraction of sp³-hybridized carbons (Fsp3) is 0.211. The number of carbonyl (C=O) groups is 1. The van der Waals surface area contributed by atoms with Crippen molar-refractivity contribution >= 4 is 53.2 Å². The van der Waals surface area contributed by atoms with E-state index >= 15 is 0 Å². The number of thiophene rings is 1. The van der Waals surface area contributed by atoms with Crippen LogP contribution < -0.4 is 0 Å². The summed E-state index contributed by atoms with van der Waals surface area (Å²) in [7, 11) is -3.52. The number of fused-ring (bicyclic) bond motifs is 1. The first-order valence-corrected chi connectivity index (χ1v) is 11.3. The molecule has 0 aliphatic rings. The van der Waals surface area contributed by atoms with Gasteiger partial charge in [0.1, 0.15) is 4.21 Å². The highest BCUT2D eigenvalue weighted by molar-refractivity contribution is 9.10. The minimum Gasteiger partial charge on any atom is -0.462 e. The van der Waals surface area contributed by atoms with E-state index in [1.54, 1.807) is 31.2 Å². The Morgan fingerprint density at radius 3 is 2.69 bits per heavy atom. The van der Waals surface area contributed by atoms with Crippen LogP contribution in [0.5, 0.6) is 0 Å². The Balaban J connectivity index is 1.96. The van der Waals surface area contributed by atoms with E-state index in [0.717, 1.165) is 20.1 Å². The normalized spacial score (nSPS) is 11.7. The van der Waals surface area contributed by atoms with Crippen molar-refractivity contribution in [2.24, 2.45) is 0 Å². The minimum atomic E-state index is -3.52. The summed E-state index contributed by atoms with van der Waals surface area (Å²) in [5.74, 6) is -0.607. The average Bonchev–Trinajstić information content (AvgIpc) is 2.92. The molecule has 136 valence electrons. The van der Waals surface area contributed by atoms with Gasteiger partial charge in [-0.05, 0) is 60.7 Å². The number of benzene rings is 2. The summed E-state index contributed by atoms with van der Waals surface area (Å²) in [5.41, 5.74) is 1.68. The summed E-state index contributed by atoms with van der Waals surface area (Å²) in [6.45, 7) is 3.83. The van der Waals surface area contributed by atoms with Crippen LogP contribution in [-0.4, -0.2) is 21.0 Å². The van der Waals surface area contributed by atoms with E-state index in [1.807, 2.05) is 25.1 Å². The molecule has 0 saturated carbocycles.